The summed E-state index contributed by atoms with van der Waals surface area (Å²) >= 11 is 0. The van der Waals surface area contributed by atoms with Crippen LogP contribution in [0.5, 0.6) is 0 Å². The first-order valence-electron chi connectivity index (χ1n) is 15.7. The van der Waals surface area contributed by atoms with E-state index >= 15 is 0 Å². The lowest BCUT2D eigenvalue weighted by atomic mass is 9.96. The standard InChI is InChI=1S/C44H32N2/c1-4-17-37(18-5-1)45(38-19-6-2-7-20-38)43-25-12-13-26-44(43)46(39-21-8-3-9-22-39)40-30-29-33-27-28-35(31-36(33)32-40)42-24-14-16-34-15-10-11-23-41(34)42/h1-32H. The van der Waals surface area contributed by atoms with Crippen LogP contribution in [0.15, 0.2) is 194 Å². The number of fused-ring (bicyclic) bond motifs is 2. The van der Waals surface area contributed by atoms with Gasteiger partial charge in [-0.2, -0.15) is 0 Å². The summed E-state index contributed by atoms with van der Waals surface area (Å²) in [5.41, 5.74) is 9.05. The molecule has 0 aliphatic heterocycles. The monoisotopic (exact) mass is 588 g/mol. The summed E-state index contributed by atoms with van der Waals surface area (Å²) in [6.45, 7) is 0. The molecule has 0 aromatic heterocycles. The molecule has 0 radical (unpaired) electrons. The first-order valence-corrected chi connectivity index (χ1v) is 15.7. The van der Waals surface area contributed by atoms with Gasteiger partial charge in [0.05, 0.1) is 11.4 Å². The van der Waals surface area contributed by atoms with Crippen molar-refractivity contribution in [2.24, 2.45) is 0 Å². The maximum atomic E-state index is 2.37. The molecule has 0 amide bonds. The third kappa shape index (κ3) is 5.16. The average Bonchev–Trinajstić information content (AvgIpc) is 3.13. The molecule has 0 aliphatic carbocycles. The van der Waals surface area contributed by atoms with Crippen LogP contribution < -0.4 is 9.80 Å². The van der Waals surface area contributed by atoms with E-state index < -0.39 is 0 Å². The van der Waals surface area contributed by atoms with Gasteiger partial charge in [-0.3, -0.25) is 0 Å². The Morgan fingerprint density at radius 3 is 1.41 bits per heavy atom. The van der Waals surface area contributed by atoms with Gasteiger partial charge in [-0.15, -0.1) is 0 Å². The average molecular weight is 589 g/mol. The number of nitrogens with zero attached hydrogens (tertiary/aromatic N) is 2. The van der Waals surface area contributed by atoms with E-state index in [0.717, 1.165) is 34.1 Å². The summed E-state index contributed by atoms with van der Waals surface area (Å²) in [5, 5.41) is 4.93. The van der Waals surface area contributed by atoms with Gasteiger partial charge in [0.15, 0.2) is 0 Å². The number of para-hydroxylation sites is 5. The highest BCUT2D eigenvalue weighted by Gasteiger charge is 2.22. The minimum absolute atomic E-state index is 1.09. The third-order valence-corrected chi connectivity index (χ3v) is 8.59. The maximum Gasteiger partial charge on any atom is 0.0702 e. The van der Waals surface area contributed by atoms with E-state index in [1.807, 2.05) is 0 Å². The van der Waals surface area contributed by atoms with Crippen molar-refractivity contribution in [3.63, 3.8) is 0 Å². The second-order valence-corrected chi connectivity index (χ2v) is 11.4. The summed E-state index contributed by atoms with van der Waals surface area (Å²) in [6.07, 6.45) is 0. The Morgan fingerprint density at radius 1 is 0.283 bits per heavy atom. The molecule has 0 fully saturated rings. The lowest BCUT2D eigenvalue weighted by molar-refractivity contribution is 1.23. The number of benzene rings is 8. The van der Waals surface area contributed by atoms with Crippen LogP contribution in [0.2, 0.25) is 0 Å². The Hall–Kier alpha value is -6.12. The number of anilines is 6. The summed E-state index contributed by atoms with van der Waals surface area (Å²) in [7, 11) is 0. The summed E-state index contributed by atoms with van der Waals surface area (Å²) in [4.78, 5) is 4.71. The summed E-state index contributed by atoms with van der Waals surface area (Å²) < 4.78 is 0. The molecule has 46 heavy (non-hydrogen) atoms. The molecule has 218 valence electrons. The highest BCUT2D eigenvalue weighted by Crippen LogP contribution is 2.46. The zero-order chi connectivity index (χ0) is 30.7. The predicted molar refractivity (Wildman–Crippen MR) is 196 cm³/mol. The number of rotatable bonds is 7. The first-order chi connectivity index (χ1) is 22.8. The van der Waals surface area contributed by atoms with Gasteiger partial charge in [0.2, 0.25) is 0 Å². The van der Waals surface area contributed by atoms with Gasteiger partial charge in [0, 0.05) is 22.7 Å². The van der Waals surface area contributed by atoms with Crippen molar-refractivity contribution < 1.29 is 0 Å². The normalized spacial score (nSPS) is 11.0. The molecule has 0 spiro atoms. The molecule has 0 saturated carbocycles. The Morgan fingerprint density at radius 2 is 0.783 bits per heavy atom. The fourth-order valence-electron chi connectivity index (χ4n) is 6.45. The molecule has 2 heteroatoms. The van der Waals surface area contributed by atoms with E-state index in [1.165, 1.54) is 32.7 Å². The zero-order valence-electron chi connectivity index (χ0n) is 25.4. The molecule has 0 atom stereocenters. The van der Waals surface area contributed by atoms with Gasteiger partial charge in [-0.05, 0) is 99.4 Å². The van der Waals surface area contributed by atoms with Crippen molar-refractivity contribution >= 4 is 55.7 Å². The van der Waals surface area contributed by atoms with E-state index in [4.69, 9.17) is 0 Å². The number of hydrogen-bond acceptors (Lipinski definition) is 2. The molecule has 8 rings (SSSR count). The molecule has 8 aromatic rings. The fraction of sp³-hybridized carbons (Fsp3) is 0. The second-order valence-electron chi connectivity index (χ2n) is 11.4. The molecule has 0 heterocycles. The van der Waals surface area contributed by atoms with Crippen LogP contribution in [0.4, 0.5) is 34.1 Å². The molecule has 0 N–H and O–H groups in total. The minimum Gasteiger partial charge on any atom is -0.308 e. The minimum atomic E-state index is 1.09. The quantitative estimate of drug-likeness (QED) is 0.183. The number of hydrogen-bond donors (Lipinski definition) is 0. The van der Waals surface area contributed by atoms with Crippen molar-refractivity contribution in [2.75, 3.05) is 9.80 Å². The molecule has 8 aromatic carbocycles. The lowest BCUT2D eigenvalue weighted by Crippen LogP contribution is -2.16. The molecular formula is C44H32N2. The SMILES string of the molecule is c1ccc(N(c2ccccc2)c2ccccc2N(c2ccccc2)c2ccc3ccc(-c4cccc5ccccc45)cc3c2)cc1. The molecule has 2 nitrogen and oxygen atoms in total. The van der Waals surface area contributed by atoms with Crippen molar-refractivity contribution in [1.82, 2.24) is 0 Å². The van der Waals surface area contributed by atoms with E-state index in [9.17, 15) is 0 Å². The lowest BCUT2D eigenvalue weighted by Gasteiger charge is -2.33. The van der Waals surface area contributed by atoms with Crippen LogP contribution in [0.1, 0.15) is 0 Å². The summed E-state index contributed by atoms with van der Waals surface area (Å²) in [5.74, 6) is 0. The molecule has 0 aliphatic rings. The highest BCUT2D eigenvalue weighted by atomic mass is 15.2. The van der Waals surface area contributed by atoms with E-state index in [-0.39, 0.29) is 0 Å². The van der Waals surface area contributed by atoms with Crippen LogP contribution in [0.25, 0.3) is 32.7 Å². The van der Waals surface area contributed by atoms with Crippen LogP contribution in [0.3, 0.4) is 0 Å². The Labute approximate surface area is 270 Å². The fourth-order valence-corrected chi connectivity index (χ4v) is 6.45. The van der Waals surface area contributed by atoms with E-state index in [1.54, 1.807) is 0 Å². The van der Waals surface area contributed by atoms with Crippen molar-refractivity contribution in [3.05, 3.63) is 194 Å². The largest absolute Gasteiger partial charge is 0.308 e. The van der Waals surface area contributed by atoms with Crippen LogP contribution >= 0.6 is 0 Å². The topological polar surface area (TPSA) is 6.48 Å². The predicted octanol–water partition coefficient (Wildman–Crippen LogP) is 12.6. The van der Waals surface area contributed by atoms with E-state index in [0.29, 0.717) is 0 Å². The van der Waals surface area contributed by atoms with Crippen molar-refractivity contribution in [1.29, 1.82) is 0 Å². The maximum absolute atomic E-state index is 2.37. The van der Waals surface area contributed by atoms with Gasteiger partial charge in [-0.25, -0.2) is 0 Å². The summed E-state index contributed by atoms with van der Waals surface area (Å²) in [6, 6.07) is 69.3. The zero-order valence-corrected chi connectivity index (χ0v) is 25.4. The van der Waals surface area contributed by atoms with Gasteiger partial charge in [-0.1, -0.05) is 127 Å². The van der Waals surface area contributed by atoms with Gasteiger partial charge < -0.3 is 9.80 Å². The third-order valence-electron chi connectivity index (χ3n) is 8.59. The molecule has 0 saturated heterocycles. The molecule has 0 unspecified atom stereocenters. The molecular weight excluding hydrogens is 556 g/mol. The van der Waals surface area contributed by atoms with Crippen molar-refractivity contribution in [3.8, 4) is 11.1 Å². The highest BCUT2D eigenvalue weighted by molar-refractivity contribution is 6.00. The first kappa shape index (κ1) is 27.4. The van der Waals surface area contributed by atoms with E-state index in [2.05, 4.69) is 204 Å². The Bertz CT molecular complexity index is 2220. The van der Waals surface area contributed by atoms with Crippen LogP contribution in [0, 0.1) is 0 Å². The van der Waals surface area contributed by atoms with Gasteiger partial charge >= 0.3 is 0 Å². The van der Waals surface area contributed by atoms with Gasteiger partial charge in [0.25, 0.3) is 0 Å². The van der Waals surface area contributed by atoms with Crippen LogP contribution in [-0.2, 0) is 0 Å². The Kier molecular flexibility index (Phi) is 7.22. The van der Waals surface area contributed by atoms with Crippen LogP contribution in [-0.4, -0.2) is 0 Å². The second kappa shape index (κ2) is 12.1. The Balaban J connectivity index is 1.31. The van der Waals surface area contributed by atoms with Gasteiger partial charge in [0.1, 0.15) is 0 Å². The van der Waals surface area contributed by atoms with Crippen molar-refractivity contribution in [2.45, 2.75) is 0 Å². The smallest absolute Gasteiger partial charge is 0.0702 e. The molecule has 0 bridgehead atoms.